The fraction of sp³-hybridized carbons (Fsp3) is 0.273. The summed E-state index contributed by atoms with van der Waals surface area (Å²) in [7, 11) is 0. The van der Waals surface area contributed by atoms with Crippen molar-refractivity contribution in [1.82, 2.24) is 10.3 Å². The van der Waals surface area contributed by atoms with E-state index in [1.807, 2.05) is 39.0 Å². The van der Waals surface area contributed by atoms with E-state index in [0.717, 1.165) is 27.8 Å². The monoisotopic (exact) mass is 364 g/mol. The Morgan fingerprint density at radius 3 is 2.48 bits per heavy atom. The third-order valence-electron chi connectivity index (χ3n) is 4.63. The molecule has 1 heterocycles. The number of pyridine rings is 1. The number of aromatic amines is 1. The number of aromatic nitrogens is 1. The average molecular weight is 364 g/mol. The number of amides is 1. The highest BCUT2D eigenvalue weighted by Crippen LogP contribution is 2.19. The molecule has 0 aliphatic carbocycles. The maximum atomic E-state index is 12.4. The van der Waals surface area contributed by atoms with Gasteiger partial charge in [-0.2, -0.15) is 0 Å². The highest BCUT2D eigenvalue weighted by Gasteiger charge is 2.09. The van der Waals surface area contributed by atoms with Crippen molar-refractivity contribution in [3.05, 3.63) is 75.1 Å². The van der Waals surface area contributed by atoms with Crippen molar-refractivity contribution in [3.63, 3.8) is 0 Å². The lowest BCUT2D eigenvalue weighted by atomic mass is 10.0. The predicted octanol–water partition coefficient (Wildman–Crippen LogP) is 3.52. The molecule has 27 heavy (non-hydrogen) atoms. The molecule has 1 amide bonds. The van der Waals surface area contributed by atoms with E-state index in [-0.39, 0.29) is 11.5 Å². The Labute approximate surface area is 158 Å². The van der Waals surface area contributed by atoms with Gasteiger partial charge in [-0.3, -0.25) is 9.59 Å². The lowest BCUT2D eigenvalue weighted by molar-refractivity contribution is 0.0954. The second kappa shape index (κ2) is 8.08. The minimum absolute atomic E-state index is 0.105. The number of hydrogen-bond donors (Lipinski definition) is 2. The van der Waals surface area contributed by atoms with Gasteiger partial charge in [-0.05, 0) is 68.7 Å². The molecule has 5 heteroatoms. The first kappa shape index (κ1) is 18.7. The Morgan fingerprint density at radius 2 is 1.78 bits per heavy atom. The largest absolute Gasteiger partial charge is 0.494 e. The fourth-order valence-electron chi connectivity index (χ4n) is 3.09. The highest BCUT2D eigenvalue weighted by molar-refractivity contribution is 5.94. The number of H-pyrrole nitrogens is 1. The van der Waals surface area contributed by atoms with Crippen LogP contribution in [0.5, 0.6) is 5.75 Å². The number of carbonyl (C=O) groups is 1. The smallest absolute Gasteiger partial charge is 0.251 e. The summed E-state index contributed by atoms with van der Waals surface area (Å²) in [6, 6.07) is 13.0. The van der Waals surface area contributed by atoms with Gasteiger partial charge >= 0.3 is 0 Å². The summed E-state index contributed by atoms with van der Waals surface area (Å²) in [5, 5.41) is 3.91. The van der Waals surface area contributed by atoms with E-state index in [1.54, 1.807) is 24.3 Å². The van der Waals surface area contributed by atoms with Crippen LogP contribution in [-0.2, 0) is 6.42 Å². The number of hydrogen-bond acceptors (Lipinski definition) is 3. The summed E-state index contributed by atoms with van der Waals surface area (Å²) in [4.78, 5) is 27.6. The zero-order chi connectivity index (χ0) is 19.4. The van der Waals surface area contributed by atoms with E-state index in [0.29, 0.717) is 30.7 Å². The lowest BCUT2D eigenvalue weighted by Gasteiger charge is -2.09. The molecule has 0 saturated carbocycles. The Kier molecular flexibility index (Phi) is 5.60. The second-order valence-electron chi connectivity index (χ2n) is 6.58. The van der Waals surface area contributed by atoms with Crippen LogP contribution in [0, 0.1) is 13.8 Å². The minimum atomic E-state index is -0.165. The SMILES string of the molecule is CCOc1ccc(C(=O)NCCc2cc3c(C)ccc(C)c3[nH]c2=O)cc1. The minimum Gasteiger partial charge on any atom is -0.494 e. The predicted molar refractivity (Wildman–Crippen MR) is 108 cm³/mol. The molecule has 2 N–H and O–H groups in total. The van der Waals surface area contributed by atoms with Crippen LogP contribution in [0.1, 0.15) is 34.0 Å². The normalized spacial score (nSPS) is 10.8. The highest BCUT2D eigenvalue weighted by atomic mass is 16.5. The standard InChI is InChI=1S/C22H24N2O3/c1-4-27-18-9-7-16(8-10-18)21(25)23-12-11-17-13-19-14(2)5-6-15(3)20(19)24-22(17)26/h5-10,13H,4,11-12H2,1-3H3,(H,23,25)(H,24,26). The average Bonchev–Trinajstić information content (AvgIpc) is 2.66. The van der Waals surface area contributed by atoms with Crippen molar-refractivity contribution < 1.29 is 9.53 Å². The lowest BCUT2D eigenvalue weighted by Crippen LogP contribution is -2.27. The van der Waals surface area contributed by atoms with Gasteiger partial charge in [-0.15, -0.1) is 0 Å². The summed E-state index contributed by atoms with van der Waals surface area (Å²) in [5.74, 6) is 0.574. The number of aryl methyl sites for hydroxylation is 2. The van der Waals surface area contributed by atoms with E-state index in [1.165, 1.54) is 0 Å². The molecule has 0 saturated heterocycles. The molecule has 3 aromatic rings. The van der Waals surface area contributed by atoms with Gasteiger partial charge in [-0.1, -0.05) is 12.1 Å². The molecule has 0 aliphatic rings. The summed E-state index contributed by atoms with van der Waals surface area (Å²) < 4.78 is 5.38. The Hall–Kier alpha value is -3.08. The number of nitrogens with one attached hydrogen (secondary N) is 2. The molecule has 0 fully saturated rings. The van der Waals surface area contributed by atoms with E-state index < -0.39 is 0 Å². The quantitative estimate of drug-likeness (QED) is 0.703. The van der Waals surface area contributed by atoms with Crippen LogP contribution in [0.3, 0.4) is 0 Å². The van der Waals surface area contributed by atoms with Crippen LogP contribution in [0.4, 0.5) is 0 Å². The van der Waals surface area contributed by atoms with Gasteiger partial charge in [0.05, 0.1) is 12.1 Å². The van der Waals surface area contributed by atoms with E-state index >= 15 is 0 Å². The molecule has 1 aromatic heterocycles. The molecule has 2 aromatic carbocycles. The van der Waals surface area contributed by atoms with E-state index in [9.17, 15) is 9.59 Å². The van der Waals surface area contributed by atoms with Gasteiger partial charge in [0, 0.05) is 23.1 Å². The van der Waals surface area contributed by atoms with Crippen LogP contribution in [0.2, 0.25) is 0 Å². The number of rotatable bonds is 6. The Bertz CT molecular complexity index is 1020. The van der Waals surface area contributed by atoms with Crippen molar-refractivity contribution >= 4 is 16.8 Å². The molecule has 0 atom stereocenters. The third kappa shape index (κ3) is 4.19. The van der Waals surface area contributed by atoms with Gasteiger partial charge in [0.15, 0.2) is 0 Å². The molecular weight excluding hydrogens is 340 g/mol. The molecule has 140 valence electrons. The van der Waals surface area contributed by atoms with E-state index in [2.05, 4.69) is 10.3 Å². The van der Waals surface area contributed by atoms with E-state index in [4.69, 9.17) is 4.74 Å². The number of fused-ring (bicyclic) bond motifs is 1. The van der Waals surface area contributed by atoms with Gasteiger partial charge in [0.2, 0.25) is 0 Å². The molecule has 3 rings (SSSR count). The number of carbonyl (C=O) groups excluding carboxylic acids is 1. The number of ether oxygens (including phenoxy) is 1. The molecule has 0 unspecified atom stereocenters. The first-order chi connectivity index (χ1) is 13.0. The van der Waals surface area contributed by atoms with Gasteiger partial charge in [0.25, 0.3) is 11.5 Å². The molecule has 0 aliphatic heterocycles. The van der Waals surface area contributed by atoms with Crippen molar-refractivity contribution in [3.8, 4) is 5.75 Å². The van der Waals surface area contributed by atoms with Crippen LogP contribution in [-0.4, -0.2) is 24.0 Å². The van der Waals surface area contributed by atoms with Gasteiger partial charge < -0.3 is 15.0 Å². The van der Waals surface area contributed by atoms with Crippen LogP contribution in [0.15, 0.2) is 47.3 Å². The maximum absolute atomic E-state index is 12.4. The van der Waals surface area contributed by atoms with Crippen LogP contribution < -0.4 is 15.6 Å². The molecule has 0 bridgehead atoms. The first-order valence-corrected chi connectivity index (χ1v) is 9.12. The van der Waals surface area contributed by atoms with Gasteiger partial charge in [0.1, 0.15) is 5.75 Å². The maximum Gasteiger partial charge on any atom is 0.251 e. The summed E-state index contributed by atoms with van der Waals surface area (Å²) in [5.41, 5.74) is 4.17. The Morgan fingerprint density at radius 1 is 1.07 bits per heavy atom. The van der Waals surface area contributed by atoms with Crippen LogP contribution >= 0.6 is 0 Å². The van der Waals surface area contributed by atoms with Crippen LogP contribution in [0.25, 0.3) is 10.9 Å². The molecule has 0 radical (unpaired) electrons. The summed E-state index contributed by atoms with van der Waals surface area (Å²) in [6.07, 6.45) is 0.474. The fourth-order valence-corrected chi connectivity index (χ4v) is 3.09. The van der Waals surface area contributed by atoms with Crippen molar-refractivity contribution in [2.24, 2.45) is 0 Å². The van der Waals surface area contributed by atoms with Crippen molar-refractivity contribution in [2.45, 2.75) is 27.2 Å². The molecular formula is C22H24N2O3. The second-order valence-corrected chi connectivity index (χ2v) is 6.58. The summed E-state index contributed by atoms with van der Waals surface area (Å²) >= 11 is 0. The Balaban J connectivity index is 1.68. The van der Waals surface area contributed by atoms with Gasteiger partial charge in [-0.25, -0.2) is 0 Å². The third-order valence-corrected chi connectivity index (χ3v) is 4.63. The zero-order valence-electron chi connectivity index (χ0n) is 15.9. The summed E-state index contributed by atoms with van der Waals surface area (Å²) in [6.45, 7) is 6.90. The molecule has 5 nitrogen and oxygen atoms in total. The zero-order valence-corrected chi connectivity index (χ0v) is 15.9. The number of benzene rings is 2. The van der Waals surface area contributed by atoms with Crippen molar-refractivity contribution in [2.75, 3.05) is 13.2 Å². The first-order valence-electron chi connectivity index (χ1n) is 9.12. The van der Waals surface area contributed by atoms with Crippen molar-refractivity contribution in [1.29, 1.82) is 0 Å². The molecule has 0 spiro atoms. The topological polar surface area (TPSA) is 71.2 Å².